The van der Waals surface area contributed by atoms with E-state index in [-0.39, 0.29) is 29.1 Å². The summed E-state index contributed by atoms with van der Waals surface area (Å²) in [5, 5.41) is 6.79. The first-order chi connectivity index (χ1) is 13.0. The molecule has 0 saturated carbocycles. The predicted molar refractivity (Wildman–Crippen MR) is 97.1 cm³/mol. The molecule has 1 N–H and O–H groups in total. The minimum absolute atomic E-state index is 0.133. The Morgan fingerprint density at radius 3 is 2.85 bits per heavy atom. The molecule has 0 bridgehead atoms. The highest BCUT2D eigenvalue weighted by molar-refractivity contribution is 5.77. The van der Waals surface area contributed by atoms with E-state index in [1.165, 1.54) is 10.9 Å². The molecule has 0 atom stereocenters. The summed E-state index contributed by atoms with van der Waals surface area (Å²) in [4.78, 5) is 28.6. The number of fused-ring (bicyclic) bond motifs is 1. The molecule has 1 aromatic carbocycles. The van der Waals surface area contributed by atoms with Gasteiger partial charge in [-0.05, 0) is 25.0 Å². The van der Waals surface area contributed by atoms with Gasteiger partial charge < -0.3 is 19.3 Å². The first-order valence-electron chi connectivity index (χ1n) is 8.32. The van der Waals surface area contributed by atoms with Crippen molar-refractivity contribution in [3.8, 4) is 11.5 Å². The number of carbonyl (C=O) groups is 1. The molecule has 0 aliphatic carbocycles. The summed E-state index contributed by atoms with van der Waals surface area (Å²) in [5.41, 5.74) is 1.20. The third-order valence-electron chi connectivity index (χ3n) is 4.16. The summed E-state index contributed by atoms with van der Waals surface area (Å²) in [6.45, 7) is 1.92. The second kappa shape index (κ2) is 7.90. The van der Waals surface area contributed by atoms with Crippen molar-refractivity contribution in [3.05, 3.63) is 46.1 Å². The third-order valence-corrected chi connectivity index (χ3v) is 4.16. The van der Waals surface area contributed by atoms with Gasteiger partial charge in [-0.3, -0.25) is 14.2 Å². The van der Waals surface area contributed by atoms with Crippen molar-refractivity contribution in [1.29, 1.82) is 0 Å². The van der Waals surface area contributed by atoms with Crippen molar-refractivity contribution >= 4 is 17.0 Å². The standard InChI is InChI=1S/C18H20N4O5/c1-11-16-17(27-21-11)20-10-22(18(16)24)9-15(23)19-7-6-12-4-5-13(25-2)8-14(12)26-3/h4-5,8,10H,6-7,9H2,1-3H3,(H,19,23). The molecule has 142 valence electrons. The number of nitrogens with zero attached hydrogens (tertiary/aromatic N) is 3. The zero-order chi connectivity index (χ0) is 19.4. The molecule has 0 spiro atoms. The molecule has 27 heavy (non-hydrogen) atoms. The van der Waals surface area contributed by atoms with Crippen LogP contribution in [0, 0.1) is 6.92 Å². The summed E-state index contributed by atoms with van der Waals surface area (Å²) in [5.74, 6) is 1.10. The Bertz CT molecular complexity index is 1020. The Kier molecular flexibility index (Phi) is 5.39. The lowest BCUT2D eigenvalue weighted by atomic mass is 10.1. The van der Waals surface area contributed by atoms with Crippen LogP contribution in [0.4, 0.5) is 0 Å². The molecule has 0 aliphatic heterocycles. The van der Waals surface area contributed by atoms with E-state index in [1.807, 2.05) is 12.1 Å². The van der Waals surface area contributed by atoms with E-state index in [2.05, 4.69) is 15.5 Å². The smallest absolute Gasteiger partial charge is 0.267 e. The Morgan fingerprint density at radius 1 is 1.30 bits per heavy atom. The van der Waals surface area contributed by atoms with Crippen LogP contribution in [0.1, 0.15) is 11.3 Å². The highest BCUT2D eigenvalue weighted by Crippen LogP contribution is 2.24. The van der Waals surface area contributed by atoms with Gasteiger partial charge in [-0.15, -0.1) is 0 Å². The van der Waals surface area contributed by atoms with E-state index in [1.54, 1.807) is 27.2 Å². The largest absolute Gasteiger partial charge is 0.497 e. The fraction of sp³-hybridized carbons (Fsp3) is 0.333. The fourth-order valence-electron chi connectivity index (χ4n) is 2.73. The molecule has 0 unspecified atom stereocenters. The molecule has 3 rings (SSSR count). The van der Waals surface area contributed by atoms with Crippen LogP contribution in [-0.4, -0.2) is 41.4 Å². The molecule has 1 amide bonds. The van der Waals surface area contributed by atoms with Gasteiger partial charge in [0.05, 0.1) is 19.9 Å². The van der Waals surface area contributed by atoms with Crippen molar-refractivity contribution in [2.75, 3.05) is 20.8 Å². The minimum atomic E-state index is -0.356. The van der Waals surface area contributed by atoms with Gasteiger partial charge >= 0.3 is 0 Å². The van der Waals surface area contributed by atoms with Gasteiger partial charge in [0.15, 0.2) is 0 Å². The van der Waals surface area contributed by atoms with Crippen LogP contribution in [0.25, 0.3) is 11.1 Å². The van der Waals surface area contributed by atoms with Crippen LogP contribution in [0.15, 0.2) is 33.8 Å². The number of hydrogen-bond acceptors (Lipinski definition) is 7. The number of amides is 1. The van der Waals surface area contributed by atoms with Crippen molar-refractivity contribution in [1.82, 2.24) is 20.0 Å². The number of methoxy groups -OCH3 is 2. The Balaban J connectivity index is 1.62. The number of benzene rings is 1. The highest BCUT2D eigenvalue weighted by atomic mass is 16.5. The Morgan fingerprint density at radius 2 is 2.11 bits per heavy atom. The van der Waals surface area contributed by atoms with E-state index in [4.69, 9.17) is 14.0 Å². The van der Waals surface area contributed by atoms with Crippen molar-refractivity contribution in [2.24, 2.45) is 0 Å². The second-order valence-corrected chi connectivity index (χ2v) is 5.90. The van der Waals surface area contributed by atoms with Crippen LogP contribution in [0.2, 0.25) is 0 Å². The summed E-state index contributed by atoms with van der Waals surface area (Å²) < 4.78 is 16.7. The first kappa shape index (κ1) is 18.4. The van der Waals surface area contributed by atoms with E-state index in [0.717, 1.165) is 5.56 Å². The average molecular weight is 372 g/mol. The molecular weight excluding hydrogens is 352 g/mol. The summed E-state index contributed by atoms with van der Waals surface area (Å²) in [6.07, 6.45) is 1.86. The maximum absolute atomic E-state index is 12.4. The maximum Gasteiger partial charge on any atom is 0.267 e. The Hall–Kier alpha value is -3.36. The topological polar surface area (TPSA) is 108 Å². The molecule has 0 saturated heterocycles. The summed E-state index contributed by atoms with van der Waals surface area (Å²) in [7, 11) is 3.17. The van der Waals surface area contributed by atoms with Crippen LogP contribution in [0.5, 0.6) is 11.5 Å². The SMILES string of the molecule is COc1ccc(CCNC(=O)Cn2cnc3onc(C)c3c2=O)c(OC)c1. The monoisotopic (exact) mass is 372 g/mol. The van der Waals surface area contributed by atoms with Crippen LogP contribution < -0.4 is 20.3 Å². The molecular formula is C18H20N4O5. The average Bonchev–Trinajstić information content (AvgIpc) is 3.05. The van der Waals surface area contributed by atoms with E-state index in [9.17, 15) is 9.59 Å². The lowest BCUT2D eigenvalue weighted by Crippen LogP contribution is -2.33. The molecule has 0 aliphatic rings. The van der Waals surface area contributed by atoms with Gasteiger partial charge in [0, 0.05) is 12.6 Å². The van der Waals surface area contributed by atoms with E-state index in [0.29, 0.717) is 30.2 Å². The zero-order valence-electron chi connectivity index (χ0n) is 15.3. The normalized spacial score (nSPS) is 10.8. The van der Waals surface area contributed by atoms with E-state index < -0.39 is 0 Å². The van der Waals surface area contributed by atoms with Gasteiger partial charge in [-0.2, -0.15) is 0 Å². The van der Waals surface area contributed by atoms with Crippen LogP contribution >= 0.6 is 0 Å². The summed E-state index contributed by atoms with van der Waals surface area (Å²) >= 11 is 0. The van der Waals surface area contributed by atoms with Gasteiger partial charge in [0.1, 0.15) is 29.8 Å². The minimum Gasteiger partial charge on any atom is -0.497 e. The molecule has 2 aromatic heterocycles. The number of nitrogens with one attached hydrogen (secondary N) is 1. The molecule has 9 heteroatoms. The van der Waals surface area contributed by atoms with Crippen LogP contribution in [-0.2, 0) is 17.8 Å². The second-order valence-electron chi connectivity index (χ2n) is 5.90. The molecule has 3 aromatic rings. The fourth-order valence-corrected chi connectivity index (χ4v) is 2.73. The van der Waals surface area contributed by atoms with Gasteiger partial charge in [0.2, 0.25) is 5.91 Å². The first-order valence-corrected chi connectivity index (χ1v) is 8.32. The van der Waals surface area contributed by atoms with Crippen molar-refractivity contribution in [2.45, 2.75) is 19.9 Å². The molecule has 0 fully saturated rings. The maximum atomic E-state index is 12.4. The molecule has 9 nitrogen and oxygen atoms in total. The lowest BCUT2D eigenvalue weighted by Gasteiger charge is -2.11. The number of aromatic nitrogens is 3. The number of hydrogen-bond donors (Lipinski definition) is 1. The molecule has 2 heterocycles. The summed E-state index contributed by atoms with van der Waals surface area (Å²) in [6, 6.07) is 5.52. The van der Waals surface area contributed by atoms with Crippen LogP contribution in [0.3, 0.4) is 0 Å². The van der Waals surface area contributed by atoms with Crippen molar-refractivity contribution < 1.29 is 18.8 Å². The number of rotatable bonds is 7. The Labute approximate surface area is 154 Å². The number of aryl methyl sites for hydroxylation is 1. The quantitative estimate of drug-likeness (QED) is 0.661. The lowest BCUT2D eigenvalue weighted by molar-refractivity contribution is -0.121. The molecule has 0 radical (unpaired) electrons. The van der Waals surface area contributed by atoms with E-state index >= 15 is 0 Å². The van der Waals surface area contributed by atoms with Gasteiger partial charge in [-0.1, -0.05) is 11.2 Å². The predicted octanol–water partition coefficient (Wildman–Crippen LogP) is 1.07. The zero-order valence-corrected chi connectivity index (χ0v) is 15.3. The third kappa shape index (κ3) is 3.91. The van der Waals surface area contributed by atoms with Gasteiger partial charge in [0.25, 0.3) is 11.3 Å². The highest BCUT2D eigenvalue weighted by Gasteiger charge is 2.14. The van der Waals surface area contributed by atoms with Gasteiger partial charge in [-0.25, -0.2) is 4.98 Å². The number of carbonyl (C=O) groups excluding carboxylic acids is 1. The number of ether oxygens (including phenoxy) is 2. The van der Waals surface area contributed by atoms with Crippen molar-refractivity contribution in [3.63, 3.8) is 0 Å².